The van der Waals surface area contributed by atoms with Crippen LogP contribution in [0, 0.1) is 0 Å². The third-order valence-electron chi connectivity index (χ3n) is 4.41. The van der Waals surface area contributed by atoms with Gasteiger partial charge in [0.25, 0.3) is 0 Å². The first-order chi connectivity index (χ1) is 12.0. The van der Waals surface area contributed by atoms with Crippen LogP contribution in [0.3, 0.4) is 0 Å². The number of aliphatic hydroxyl groups is 1. The number of rotatable bonds is 4. The lowest BCUT2D eigenvalue weighted by molar-refractivity contribution is 0.0804. The summed E-state index contributed by atoms with van der Waals surface area (Å²) in [6, 6.07) is 4.16. The van der Waals surface area contributed by atoms with Gasteiger partial charge in [-0.3, -0.25) is 4.98 Å². The van der Waals surface area contributed by atoms with Crippen LogP contribution in [0.5, 0.6) is 0 Å². The molecule has 3 N–H and O–H groups in total. The van der Waals surface area contributed by atoms with Gasteiger partial charge in [-0.05, 0) is 44.3 Å². The smallest absolute Gasteiger partial charge is 0.162 e. The first-order valence-corrected chi connectivity index (χ1v) is 9.30. The Hall–Kier alpha value is -2.09. The van der Waals surface area contributed by atoms with Crippen molar-refractivity contribution in [1.82, 2.24) is 20.3 Å². The van der Waals surface area contributed by atoms with E-state index in [2.05, 4.69) is 15.6 Å². The van der Waals surface area contributed by atoms with Crippen molar-refractivity contribution in [3.05, 3.63) is 35.5 Å². The molecular formula is C18H21N5OS. The topological polar surface area (TPSA) is 83.0 Å². The van der Waals surface area contributed by atoms with E-state index in [4.69, 9.17) is 9.97 Å². The van der Waals surface area contributed by atoms with Gasteiger partial charge in [0.05, 0.1) is 15.8 Å². The molecule has 7 heteroatoms. The van der Waals surface area contributed by atoms with Gasteiger partial charge < -0.3 is 15.7 Å². The van der Waals surface area contributed by atoms with Crippen LogP contribution in [-0.2, 0) is 5.60 Å². The van der Waals surface area contributed by atoms with E-state index in [0.717, 1.165) is 46.7 Å². The quantitative estimate of drug-likeness (QED) is 0.667. The molecule has 1 aliphatic rings. The normalized spacial score (nSPS) is 18.0. The number of fused-ring (bicyclic) bond motifs is 1. The first kappa shape index (κ1) is 16.4. The van der Waals surface area contributed by atoms with Crippen LogP contribution >= 0.6 is 11.3 Å². The number of anilines is 1. The summed E-state index contributed by atoms with van der Waals surface area (Å²) >= 11 is 1.57. The summed E-state index contributed by atoms with van der Waals surface area (Å²) in [5.41, 5.74) is 1.61. The van der Waals surface area contributed by atoms with Crippen molar-refractivity contribution in [3.63, 3.8) is 0 Å². The minimum atomic E-state index is -0.950. The molecule has 0 bridgehead atoms. The lowest BCUT2D eigenvalue weighted by Crippen LogP contribution is -2.23. The lowest BCUT2D eigenvalue weighted by atomic mass is 10.0. The highest BCUT2D eigenvalue weighted by Crippen LogP contribution is 2.37. The molecule has 1 fully saturated rings. The van der Waals surface area contributed by atoms with Crippen molar-refractivity contribution >= 4 is 27.4 Å². The number of pyridine rings is 1. The third-order valence-corrected chi connectivity index (χ3v) is 5.39. The molecule has 6 nitrogen and oxygen atoms in total. The van der Waals surface area contributed by atoms with Gasteiger partial charge in [0.2, 0.25) is 0 Å². The predicted octanol–water partition coefficient (Wildman–Crippen LogP) is 2.75. The fourth-order valence-corrected chi connectivity index (χ4v) is 4.17. The molecule has 130 valence electrons. The number of nitrogens with one attached hydrogen (secondary N) is 2. The van der Waals surface area contributed by atoms with Crippen molar-refractivity contribution < 1.29 is 5.11 Å². The van der Waals surface area contributed by atoms with Crippen LogP contribution < -0.4 is 10.6 Å². The van der Waals surface area contributed by atoms with Crippen LogP contribution in [-0.4, -0.2) is 39.2 Å². The second-order valence-corrected chi connectivity index (χ2v) is 7.73. The molecule has 0 aliphatic carbocycles. The molecule has 3 aromatic rings. The van der Waals surface area contributed by atoms with E-state index in [-0.39, 0.29) is 0 Å². The molecule has 0 saturated carbocycles. The van der Waals surface area contributed by atoms with E-state index in [0.29, 0.717) is 11.9 Å². The molecule has 0 aromatic carbocycles. The van der Waals surface area contributed by atoms with E-state index in [1.165, 1.54) is 0 Å². The van der Waals surface area contributed by atoms with Gasteiger partial charge in [-0.2, -0.15) is 0 Å². The summed E-state index contributed by atoms with van der Waals surface area (Å²) in [5.74, 6) is 1.48. The highest BCUT2D eigenvalue weighted by atomic mass is 32.1. The van der Waals surface area contributed by atoms with E-state index in [1.54, 1.807) is 37.6 Å². The summed E-state index contributed by atoms with van der Waals surface area (Å²) in [5, 5.41) is 19.4. The highest BCUT2D eigenvalue weighted by Gasteiger charge is 2.25. The van der Waals surface area contributed by atoms with Crippen molar-refractivity contribution in [2.24, 2.45) is 0 Å². The molecular weight excluding hydrogens is 334 g/mol. The van der Waals surface area contributed by atoms with Gasteiger partial charge in [-0.15, -0.1) is 11.3 Å². The summed E-state index contributed by atoms with van der Waals surface area (Å²) in [7, 11) is 0. The zero-order valence-electron chi connectivity index (χ0n) is 14.3. The van der Waals surface area contributed by atoms with Crippen LogP contribution in [0.15, 0.2) is 29.9 Å². The van der Waals surface area contributed by atoms with E-state index in [1.807, 2.05) is 17.5 Å². The zero-order valence-corrected chi connectivity index (χ0v) is 15.1. The Morgan fingerprint density at radius 1 is 1.28 bits per heavy atom. The van der Waals surface area contributed by atoms with E-state index in [9.17, 15) is 5.11 Å². The highest BCUT2D eigenvalue weighted by molar-refractivity contribution is 7.18. The van der Waals surface area contributed by atoms with E-state index < -0.39 is 5.60 Å². The van der Waals surface area contributed by atoms with Crippen LogP contribution in [0.2, 0.25) is 0 Å². The SMILES string of the molecule is CC(C)(O)c1csc2c(N[C@@H]3CCNC3)nc(-c3ccncc3)nc12. The Morgan fingerprint density at radius 3 is 2.76 bits per heavy atom. The summed E-state index contributed by atoms with van der Waals surface area (Å²) < 4.78 is 0.988. The molecule has 25 heavy (non-hydrogen) atoms. The Morgan fingerprint density at radius 2 is 2.08 bits per heavy atom. The molecule has 0 amide bonds. The Labute approximate surface area is 150 Å². The van der Waals surface area contributed by atoms with Crippen LogP contribution in [0.4, 0.5) is 5.82 Å². The van der Waals surface area contributed by atoms with Crippen molar-refractivity contribution in [2.75, 3.05) is 18.4 Å². The lowest BCUT2D eigenvalue weighted by Gasteiger charge is -2.17. The molecule has 3 aromatic heterocycles. The average molecular weight is 355 g/mol. The Kier molecular flexibility index (Phi) is 4.15. The summed E-state index contributed by atoms with van der Waals surface area (Å²) in [6.07, 6.45) is 4.54. The molecule has 4 rings (SSSR count). The molecule has 0 unspecified atom stereocenters. The monoisotopic (exact) mass is 355 g/mol. The first-order valence-electron chi connectivity index (χ1n) is 8.42. The van der Waals surface area contributed by atoms with Gasteiger partial charge in [0, 0.05) is 36.1 Å². The van der Waals surface area contributed by atoms with Crippen molar-refractivity contribution in [3.8, 4) is 11.4 Å². The molecule has 4 heterocycles. The van der Waals surface area contributed by atoms with Crippen molar-refractivity contribution in [1.29, 1.82) is 0 Å². The molecule has 1 saturated heterocycles. The fourth-order valence-electron chi connectivity index (χ4n) is 3.05. The largest absolute Gasteiger partial charge is 0.386 e. The van der Waals surface area contributed by atoms with Crippen LogP contribution in [0.25, 0.3) is 21.6 Å². The van der Waals surface area contributed by atoms with E-state index >= 15 is 0 Å². The maximum Gasteiger partial charge on any atom is 0.162 e. The minimum Gasteiger partial charge on any atom is -0.386 e. The molecule has 0 spiro atoms. The maximum atomic E-state index is 10.5. The van der Waals surface area contributed by atoms with Gasteiger partial charge in [0.1, 0.15) is 5.82 Å². The standard InChI is InChI=1S/C18H21N5OS/c1-18(2,24)13-10-25-15-14(13)22-16(11-3-6-19-7-4-11)23-17(15)21-12-5-8-20-9-12/h3-4,6-7,10,12,20,24H,5,8-9H2,1-2H3,(H,21,22,23)/t12-/m1/s1. The molecule has 1 atom stereocenters. The molecule has 0 radical (unpaired) electrons. The Balaban J connectivity index is 1.88. The minimum absolute atomic E-state index is 0.357. The second-order valence-electron chi connectivity index (χ2n) is 6.85. The van der Waals surface area contributed by atoms with Crippen LogP contribution in [0.1, 0.15) is 25.8 Å². The third kappa shape index (κ3) is 3.22. The fraction of sp³-hybridized carbons (Fsp3) is 0.389. The number of hydrogen-bond donors (Lipinski definition) is 3. The summed E-state index contributed by atoms with van der Waals surface area (Å²) in [4.78, 5) is 13.6. The number of nitrogens with zero attached hydrogens (tertiary/aromatic N) is 3. The van der Waals surface area contributed by atoms with Crippen molar-refractivity contribution in [2.45, 2.75) is 31.9 Å². The number of hydrogen-bond acceptors (Lipinski definition) is 7. The number of thiophene rings is 1. The summed E-state index contributed by atoms with van der Waals surface area (Å²) in [6.45, 7) is 5.52. The zero-order chi connectivity index (χ0) is 17.4. The number of aromatic nitrogens is 3. The maximum absolute atomic E-state index is 10.5. The second kappa shape index (κ2) is 6.33. The van der Waals surface area contributed by atoms with Gasteiger partial charge in [0.15, 0.2) is 5.82 Å². The Bertz CT molecular complexity index is 882. The molecule has 1 aliphatic heterocycles. The van der Waals surface area contributed by atoms with Gasteiger partial charge >= 0.3 is 0 Å². The average Bonchev–Trinajstić information content (AvgIpc) is 3.24. The van der Waals surface area contributed by atoms with Gasteiger partial charge in [-0.25, -0.2) is 9.97 Å². The predicted molar refractivity (Wildman–Crippen MR) is 101 cm³/mol. The van der Waals surface area contributed by atoms with Gasteiger partial charge in [-0.1, -0.05) is 0 Å².